The summed E-state index contributed by atoms with van der Waals surface area (Å²) in [5.41, 5.74) is 0.507. The van der Waals surface area contributed by atoms with E-state index in [9.17, 15) is 26.4 Å². The van der Waals surface area contributed by atoms with Crippen LogP contribution in [0.3, 0.4) is 0 Å². The summed E-state index contributed by atoms with van der Waals surface area (Å²) >= 11 is 0. The van der Waals surface area contributed by atoms with Crippen LogP contribution < -0.4 is 9.62 Å². The Hall–Kier alpha value is -2.55. The van der Waals surface area contributed by atoms with Crippen LogP contribution in [0.5, 0.6) is 0 Å². The average Bonchev–Trinajstić information content (AvgIpc) is 2.58. The molecule has 158 valence electrons. The maximum atomic E-state index is 12.6. The van der Waals surface area contributed by atoms with Crippen molar-refractivity contribution in [2.75, 3.05) is 22.4 Å². The second-order valence-electron chi connectivity index (χ2n) is 7.69. The molecule has 0 aliphatic carbocycles. The zero-order valence-corrected chi connectivity index (χ0v) is 17.4. The molecule has 0 radical (unpaired) electrons. The topological polar surface area (TPSA) is 66.5 Å². The summed E-state index contributed by atoms with van der Waals surface area (Å²) in [7, 11) is -3.76. The molecule has 0 saturated heterocycles. The van der Waals surface area contributed by atoms with E-state index in [-0.39, 0.29) is 11.1 Å². The number of amides is 1. The fourth-order valence-corrected chi connectivity index (χ4v) is 3.46. The monoisotopic (exact) mass is 428 g/mol. The molecule has 0 heterocycles. The van der Waals surface area contributed by atoms with Crippen LogP contribution in [-0.4, -0.2) is 27.1 Å². The number of hydrogen-bond acceptors (Lipinski definition) is 3. The normalized spacial score (nSPS) is 12.5. The fraction of sp³-hybridized carbons (Fsp3) is 0.350. The minimum Gasteiger partial charge on any atom is -0.325 e. The molecule has 0 aromatic heterocycles. The largest absolute Gasteiger partial charge is 0.416 e. The molecule has 5 nitrogen and oxygen atoms in total. The first kappa shape index (κ1) is 22.7. The fourth-order valence-electron chi connectivity index (χ4n) is 2.60. The number of carbonyl (C=O) groups excluding carboxylic acids is 1. The molecule has 0 spiro atoms. The number of anilines is 2. The third-order valence-corrected chi connectivity index (χ3v) is 5.35. The Morgan fingerprint density at radius 3 is 1.83 bits per heavy atom. The van der Waals surface area contributed by atoms with Crippen molar-refractivity contribution in [2.24, 2.45) is 0 Å². The van der Waals surface area contributed by atoms with Gasteiger partial charge in [0.15, 0.2) is 0 Å². The summed E-state index contributed by atoms with van der Waals surface area (Å²) in [5.74, 6) is -0.671. The van der Waals surface area contributed by atoms with Gasteiger partial charge in [0.2, 0.25) is 15.9 Å². The van der Waals surface area contributed by atoms with Crippen LogP contribution in [-0.2, 0) is 26.4 Å². The van der Waals surface area contributed by atoms with E-state index < -0.39 is 34.2 Å². The summed E-state index contributed by atoms with van der Waals surface area (Å²) < 4.78 is 63.1. The van der Waals surface area contributed by atoms with E-state index >= 15 is 0 Å². The van der Waals surface area contributed by atoms with E-state index in [1.165, 1.54) is 0 Å². The number of benzene rings is 2. The minimum absolute atomic E-state index is 0.117. The Bertz CT molecular complexity index is 962. The van der Waals surface area contributed by atoms with Crippen LogP contribution >= 0.6 is 0 Å². The van der Waals surface area contributed by atoms with Gasteiger partial charge in [-0.1, -0.05) is 32.9 Å². The molecule has 9 heteroatoms. The van der Waals surface area contributed by atoms with E-state index in [2.05, 4.69) is 5.32 Å². The second kappa shape index (κ2) is 8.06. The minimum atomic E-state index is -4.48. The third-order valence-electron chi connectivity index (χ3n) is 4.20. The van der Waals surface area contributed by atoms with Gasteiger partial charge >= 0.3 is 6.18 Å². The summed E-state index contributed by atoms with van der Waals surface area (Å²) in [4.78, 5) is 12.3. The zero-order valence-electron chi connectivity index (χ0n) is 16.5. The molecule has 0 fully saturated rings. The zero-order chi connectivity index (χ0) is 22.0. The lowest BCUT2D eigenvalue weighted by Crippen LogP contribution is -2.37. The summed E-state index contributed by atoms with van der Waals surface area (Å²) in [5, 5.41) is 2.42. The molecule has 0 atom stereocenters. The van der Waals surface area contributed by atoms with Crippen LogP contribution in [0.15, 0.2) is 48.5 Å². The lowest BCUT2D eigenvalue weighted by atomic mass is 9.87. The maximum absolute atomic E-state index is 12.6. The Kier molecular flexibility index (Phi) is 6.32. The predicted molar refractivity (Wildman–Crippen MR) is 107 cm³/mol. The van der Waals surface area contributed by atoms with Gasteiger partial charge in [-0.15, -0.1) is 0 Å². The summed E-state index contributed by atoms with van der Waals surface area (Å²) in [6, 6.07) is 10.7. The van der Waals surface area contributed by atoms with Gasteiger partial charge in [-0.3, -0.25) is 9.10 Å². The number of nitrogens with one attached hydrogen (secondary N) is 1. The van der Waals surface area contributed by atoms with Crippen LogP contribution in [0.1, 0.15) is 31.9 Å². The highest BCUT2D eigenvalue weighted by Crippen LogP contribution is 2.30. The molecule has 2 aromatic carbocycles. The second-order valence-corrected chi connectivity index (χ2v) is 9.60. The number of carbonyl (C=O) groups is 1. The van der Waals surface area contributed by atoms with Crippen molar-refractivity contribution in [3.05, 3.63) is 59.7 Å². The first-order valence-electron chi connectivity index (χ1n) is 8.73. The standard InChI is InChI=1S/C20H23F3N2O3S/c1-19(2,3)14-7-11-17(12-8-14)25(29(4,27)28)13-18(26)24-16-9-5-15(6-10-16)20(21,22)23/h5-12H,13H2,1-4H3,(H,24,26). The molecule has 0 aliphatic heterocycles. The molecule has 2 aromatic rings. The lowest BCUT2D eigenvalue weighted by molar-refractivity contribution is -0.137. The number of nitrogens with zero attached hydrogens (tertiary/aromatic N) is 1. The van der Waals surface area contributed by atoms with Crippen molar-refractivity contribution in [1.29, 1.82) is 0 Å². The molecular weight excluding hydrogens is 405 g/mol. The molecular formula is C20H23F3N2O3S. The van der Waals surface area contributed by atoms with Crippen LogP contribution in [0.4, 0.5) is 24.5 Å². The Morgan fingerprint density at radius 1 is 0.931 bits per heavy atom. The van der Waals surface area contributed by atoms with E-state index in [4.69, 9.17) is 0 Å². The highest BCUT2D eigenvalue weighted by molar-refractivity contribution is 7.92. The first-order chi connectivity index (χ1) is 13.2. The van der Waals surface area contributed by atoms with Crippen LogP contribution in [0, 0.1) is 0 Å². The van der Waals surface area contributed by atoms with Gasteiger partial charge in [0.05, 0.1) is 17.5 Å². The molecule has 1 N–H and O–H groups in total. The van der Waals surface area contributed by atoms with Gasteiger partial charge in [-0.2, -0.15) is 13.2 Å². The van der Waals surface area contributed by atoms with Crippen molar-refractivity contribution in [3.63, 3.8) is 0 Å². The average molecular weight is 428 g/mol. The van der Waals surface area contributed by atoms with Crippen molar-refractivity contribution in [2.45, 2.75) is 32.4 Å². The number of alkyl halides is 3. The van der Waals surface area contributed by atoms with Crippen LogP contribution in [0.25, 0.3) is 0 Å². The van der Waals surface area contributed by atoms with Crippen molar-refractivity contribution >= 4 is 27.3 Å². The lowest BCUT2D eigenvalue weighted by Gasteiger charge is -2.24. The molecule has 0 unspecified atom stereocenters. The van der Waals surface area contributed by atoms with E-state index in [0.29, 0.717) is 5.69 Å². The Balaban J connectivity index is 2.17. The van der Waals surface area contributed by atoms with Gasteiger partial charge in [0.1, 0.15) is 6.54 Å². The Labute approximate surface area is 168 Å². The van der Waals surface area contributed by atoms with Gasteiger partial charge in [-0.05, 0) is 47.4 Å². The van der Waals surface area contributed by atoms with E-state index in [1.807, 2.05) is 20.8 Å². The highest BCUT2D eigenvalue weighted by Gasteiger charge is 2.30. The smallest absolute Gasteiger partial charge is 0.325 e. The van der Waals surface area contributed by atoms with Gasteiger partial charge in [0, 0.05) is 5.69 Å². The highest BCUT2D eigenvalue weighted by atomic mass is 32.2. The van der Waals surface area contributed by atoms with Gasteiger partial charge in [0.25, 0.3) is 0 Å². The van der Waals surface area contributed by atoms with E-state index in [1.54, 1.807) is 24.3 Å². The molecule has 0 aliphatic rings. The van der Waals surface area contributed by atoms with Crippen molar-refractivity contribution < 1.29 is 26.4 Å². The SMILES string of the molecule is CC(C)(C)c1ccc(N(CC(=O)Nc2ccc(C(F)(F)F)cc2)S(C)(=O)=O)cc1. The molecule has 1 amide bonds. The van der Waals surface area contributed by atoms with Crippen molar-refractivity contribution in [1.82, 2.24) is 0 Å². The maximum Gasteiger partial charge on any atom is 0.416 e. The van der Waals surface area contributed by atoms with Gasteiger partial charge < -0.3 is 5.32 Å². The summed E-state index contributed by atoms with van der Waals surface area (Å²) in [6.45, 7) is 5.56. The summed E-state index contributed by atoms with van der Waals surface area (Å²) in [6.07, 6.45) is -3.50. The number of halogens is 3. The molecule has 2 rings (SSSR count). The Morgan fingerprint density at radius 2 is 1.41 bits per heavy atom. The molecule has 0 saturated carbocycles. The van der Waals surface area contributed by atoms with Crippen LogP contribution in [0.2, 0.25) is 0 Å². The van der Waals surface area contributed by atoms with E-state index in [0.717, 1.165) is 40.4 Å². The third kappa shape index (κ3) is 6.22. The number of rotatable bonds is 5. The molecule has 29 heavy (non-hydrogen) atoms. The number of hydrogen-bond donors (Lipinski definition) is 1. The predicted octanol–water partition coefficient (Wildman–Crippen LogP) is 4.41. The quantitative estimate of drug-likeness (QED) is 0.767. The van der Waals surface area contributed by atoms with Crippen molar-refractivity contribution in [3.8, 4) is 0 Å². The number of sulfonamides is 1. The van der Waals surface area contributed by atoms with Gasteiger partial charge in [-0.25, -0.2) is 8.42 Å². The first-order valence-corrected chi connectivity index (χ1v) is 10.6. The molecule has 0 bridgehead atoms.